The Bertz CT molecular complexity index is 410. The minimum absolute atomic E-state index is 0.0440. The Hall–Kier alpha value is -0.840. The van der Waals surface area contributed by atoms with Gasteiger partial charge in [-0.25, -0.2) is 0 Å². The maximum Gasteiger partial charge on any atom is 0.417 e. The van der Waals surface area contributed by atoms with Gasteiger partial charge < -0.3 is 0 Å². The van der Waals surface area contributed by atoms with Gasteiger partial charge in [0.15, 0.2) is 5.78 Å². The van der Waals surface area contributed by atoms with Crippen LogP contribution in [0.3, 0.4) is 0 Å². The van der Waals surface area contributed by atoms with Crippen LogP contribution in [0.5, 0.6) is 0 Å². The maximum absolute atomic E-state index is 12.5. The van der Waals surface area contributed by atoms with E-state index in [-0.39, 0.29) is 15.8 Å². The summed E-state index contributed by atoms with van der Waals surface area (Å²) in [6.07, 6.45) is -4.45. The van der Waals surface area contributed by atoms with Gasteiger partial charge in [-0.3, -0.25) is 4.79 Å². The summed E-state index contributed by atoms with van der Waals surface area (Å²) in [5.41, 5.74) is -0.189. The molecule has 5 heteroatoms. The van der Waals surface area contributed by atoms with Crippen molar-refractivity contribution < 1.29 is 18.0 Å². The molecule has 0 saturated carbocycles. The summed E-state index contributed by atoms with van der Waals surface area (Å²) in [7, 11) is 0. The third-order valence-electron chi connectivity index (χ3n) is 2.00. The van der Waals surface area contributed by atoms with Crippen molar-refractivity contribution in [2.75, 3.05) is 0 Å². The number of Topliss-reactive ketones (excluding diaryl/α,β-unsaturated/α-hetero) is 1. The summed E-state index contributed by atoms with van der Waals surface area (Å²) in [5, 5.41) is 0. The first-order chi connectivity index (χ1) is 6.73. The number of ketones is 1. The fourth-order valence-electron chi connectivity index (χ4n) is 1.27. The van der Waals surface area contributed by atoms with E-state index in [0.717, 1.165) is 6.07 Å². The van der Waals surface area contributed by atoms with Crippen LogP contribution in [-0.4, -0.2) is 5.78 Å². The van der Waals surface area contributed by atoms with E-state index in [1.54, 1.807) is 6.92 Å². The number of carbonyl (C=O) groups is 1. The van der Waals surface area contributed by atoms with Crippen molar-refractivity contribution >= 4 is 21.7 Å². The number of hydrogen-bond donors (Lipinski definition) is 0. The molecule has 1 aromatic rings. The molecule has 0 heterocycles. The van der Waals surface area contributed by atoms with Gasteiger partial charge in [-0.1, -0.05) is 15.9 Å². The second-order valence-electron chi connectivity index (χ2n) is 3.20. The van der Waals surface area contributed by atoms with Crippen LogP contribution in [0.2, 0.25) is 0 Å². The quantitative estimate of drug-likeness (QED) is 0.711. The van der Waals surface area contributed by atoms with Crippen LogP contribution in [0, 0.1) is 6.92 Å². The molecule has 82 valence electrons. The summed E-state index contributed by atoms with van der Waals surface area (Å²) in [6, 6.07) is 2.18. The number of aryl methyl sites for hydroxylation is 1. The largest absolute Gasteiger partial charge is 0.417 e. The SMILES string of the molecule is CC(=O)c1cc(C(F)(F)F)c(Br)cc1C. The summed E-state index contributed by atoms with van der Waals surface area (Å²) < 4.78 is 37.4. The van der Waals surface area contributed by atoms with Crippen molar-refractivity contribution in [3.8, 4) is 0 Å². The highest BCUT2D eigenvalue weighted by molar-refractivity contribution is 9.10. The zero-order chi connectivity index (χ0) is 11.8. The van der Waals surface area contributed by atoms with E-state index in [0.29, 0.717) is 5.56 Å². The molecule has 1 aromatic carbocycles. The Morgan fingerprint density at radius 1 is 1.33 bits per heavy atom. The van der Waals surface area contributed by atoms with Gasteiger partial charge in [0.1, 0.15) is 0 Å². The van der Waals surface area contributed by atoms with E-state index in [2.05, 4.69) is 15.9 Å². The van der Waals surface area contributed by atoms with Gasteiger partial charge in [-0.05, 0) is 31.5 Å². The van der Waals surface area contributed by atoms with Gasteiger partial charge in [0.25, 0.3) is 0 Å². The van der Waals surface area contributed by atoms with Gasteiger partial charge in [-0.2, -0.15) is 13.2 Å². The van der Waals surface area contributed by atoms with E-state index in [4.69, 9.17) is 0 Å². The monoisotopic (exact) mass is 280 g/mol. The summed E-state index contributed by atoms with van der Waals surface area (Å²) >= 11 is 2.83. The molecule has 0 radical (unpaired) electrons. The number of benzene rings is 1. The lowest BCUT2D eigenvalue weighted by molar-refractivity contribution is -0.138. The smallest absolute Gasteiger partial charge is 0.295 e. The fraction of sp³-hybridized carbons (Fsp3) is 0.300. The van der Waals surface area contributed by atoms with E-state index in [9.17, 15) is 18.0 Å². The lowest BCUT2D eigenvalue weighted by Crippen LogP contribution is -2.09. The number of rotatable bonds is 1. The fourth-order valence-corrected chi connectivity index (χ4v) is 1.95. The van der Waals surface area contributed by atoms with E-state index in [1.165, 1.54) is 13.0 Å². The van der Waals surface area contributed by atoms with Gasteiger partial charge >= 0.3 is 6.18 Å². The highest BCUT2D eigenvalue weighted by Crippen LogP contribution is 2.36. The van der Waals surface area contributed by atoms with Crippen LogP contribution in [0.15, 0.2) is 16.6 Å². The van der Waals surface area contributed by atoms with Crippen LogP contribution in [-0.2, 0) is 6.18 Å². The molecule has 0 saturated heterocycles. The second-order valence-corrected chi connectivity index (χ2v) is 4.06. The third-order valence-corrected chi connectivity index (χ3v) is 2.65. The molecular weight excluding hydrogens is 273 g/mol. The molecule has 0 aromatic heterocycles. The number of alkyl halides is 3. The average molecular weight is 281 g/mol. The minimum atomic E-state index is -4.45. The van der Waals surface area contributed by atoms with Crippen molar-refractivity contribution in [3.05, 3.63) is 33.3 Å². The zero-order valence-corrected chi connectivity index (χ0v) is 9.66. The van der Waals surface area contributed by atoms with Gasteiger partial charge in [0.2, 0.25) is 0 Å². The Kier molecular flexibility index (Phi) is 3.23. The summed E-state index contributed by atoms with van der Waals surface area (Å²) in [5.74, 6) is -0.370. The topological polar surface area (TPSA) is 17.1 Å². The molecule has 0 amide bonds. The van der Waals surface area contributed by atoms with Crippen LogP contribution < -0.4 is 0 Å². The Balaban J connectivity index is 3.43. The van der Waals surface area contributed by atoms with Crippen molar-refractivity contribution in [2.45, 2.75) is 20.0 Å². The Labute approximate surface area is 93.4 Å². The molecule has 0 unspecified atom stereocenters. The van der Waals surface area contributed by atoms with E-state index >= 15 is 0 Å². The number of carbonyl (C=O) groups excluding carboxylic acids is 1. The molecular formula is C10H8BrF3O. The van der Waals surface area contributed by atoms with Gasteiger partial charge in [-0.15, -0.1) is 0 Å². The molecule has 1 rings (SSSR count). The molecule has 0 fully saturated rings. The molecule has 0 atom stereocenters. The molecule has 0 N–H and O–H groups in total. The summed E-state index contributed by atoms with van der Waals surface area (Å²) in [6.45, 7) is 2.85. The molecule has 15 heavy (non-hydrogen) atoms. The van der Waals surface area contributed by atoms with Crippen LogP contribution in [0.1, 0.15) is 28.4 Å². The predicted molar refractivity (Wildman–Crippen MR) is 53.9 cm³/mol. The number of halogens is 4. The van der Waals surface area contributed by atoms with Gasteiger partial charge in [0, 0.05) is 10.0 Å². The standard InChI is InChI=1S/C10H8BrF3O/c1-5-3-9(11)8(10(12,13)14)4-7(5)6(2)15/h3-4H,1-2H3. The molecule has 0 spiro atoms. The lowest BCUT2D eigenvalue weighted by atomic mass is 10.0. The maximum atomic E-state index is 12.5. The van der Waals surface area contributed by atoms with Crippen molar-refractivity contribution in [3.63, 3.8) is 0 Å². The van der Waals surface area contributed by atoms with Crippen LogP contribution in [0.4, 0.5) is 13.2 Å². The average Bonchev–Trinajstić information content (AvgIpc) is 2.00. The highest BCUT2D eigenvalue weighted by atomic mass is 79.9. The molecule has 0 aliphatic heterocycles. The first kappa shape index (κ1) is 12.2. The minimum Gasteiger partial charge on any atom is -0.295 e. The van der Waals surface area contributed by atoms with E-state index in [1.807, 2.05) is 0 Å². The summed E-state index contributed by atoms with van der Waals surface area (Å²) in [4.78, 5) is 11.1. The molecule has 0 aliphatic rings. The Morgan fingerprint density at radius 3 is 2.27 bits per heavy atom. The third kappa shape index (κ3) is 2.59. The van der Waals surface area contributed by atoms with Crippen LogP contribution in [0.25, 0.3) is 0 Å². The van der Waals surface area contributed by atoms with Crippen molar-refractivity contribution in [2.24, 2.45) is 0 Å². The predicted octanol–water partition coefficient (Wildman–Crippen LogP) is 3.98. The van der Waals surface area contributed by atoms with Crippen molar-refractivity contribution in [1.82, 2.24) is 0 Å². The normalized spacial score (nSPS) is 11.6. The number of hydrogen-bond acceptors (Lipinski definition) is 1. The first-order valence-corrected chi connectivity index (χ1v) is 4.91. The van der Waals surface area contributed by atoms with E-state index < -0.39 is 11.7 Å². The molecule has 0 aliphatic carbocycles. The zero-order valence-electron chi connectivity index (χ0n) is 8.07. The van der Waals surface area contributed by atoms with Gasteiger partial charge in [0.05, 0.1) is 5.56 Å². The second kappa shape index (κ2) is 3.96. The van der Waals surface area contributed by atoms with Crippen molar-refractivity contribution in [1.29, 1.82) is 0 Å². The lowest BCUT2D eigenvalue weighted by Gasteiger charge is -2.12. The Morgan fingerprint density at radius 2 is 1.87 bits per heavy atom. The highest BCUT2D eigenvalue weighted by Gasteiger charge is 2.33. The molecule has 1 nitrogen and oxygen atoms in total. The first-order valence-electron chi connectivity index (χ1n) is 4.11. The van der Waals surface area contributed by atoms with Crippen LogP contribution >= 0.6 is 15.9 Å². The molecule has 0 bridgehead atoms.